The van der Waals surface area contributed by atoms with Crippen molar-refractivity contribution in [2.75, 3.05) is 0 Å². The Morgan fingerprint density at radius 3 is 1.14 bits per heavy atom. The van der Waals surface area contributed by atoms with E-state index in [1.165, 1.54) is 12.7 Å². The topological polar surface area (TPSA) is 86.6 Å². The fourth-order valence-electron chi connectivity index (χ4n) is 0.165. The summed E-state index contributed by atoms with van der Waals surface area (Å²) in [6.45, 7) is 0. The number of aromatic nitrogens is 4. The summed E-state index contributed by atoms with van der Waals surface area (Å²) in [6, 6.07) is 0. The molecule has 1 heterocycles. The average molecular weight is 99.1 g/mol. The van der Waals surface area contributed by atoms with Crippen molar-refractivity contribution < 1.29 is 0 Å². The minimum absolute atomic E-state index is 0. The van der Waals surface area contributed by atoms with Crippen LogP contribution in [0.4, 0.5) is 0 Å². The molecule has 0 aliphatic heterocycles. The second-order valence-corrected chi connectivity index (χ2v) is 0.693. The second-order valence-electron chi connectivity index (χ2n) is 0.693. The van der Waals surface area contributed by atoms with E-state index in [9.17, 15) is 0 Å². The van der Waals surface area contributed by atoms with Gasteiger partial charge in [0.1, 0.15) is 0 Å². The van der Waals surface area contributed by atoms with Crippen molar-refractivity contribution in [3.63, 3.8) is 0 Å². The molecule has 0 radical (unpaired) electrons. The van der Waals surface area contributed by atoms with Crippen molar-refractivity contribution in [2.24, 2.45) is 0 Å². The van der Waals surface area contributed by atoms with E-state index in [4.69, 9.17) is 0 Å². The number of nitrogens with zero attached hydrogens (tertiary/aromatic N) is 4. The van der Waals surface area contributed by atoms with Crippen molar-refractivity contribution in [3.05, 3.63) is 12.7 Å². The first-order chi connectivity index (χ1) is 3.00. The van der Waals surface area contributed by atoms with Crippen LogP contribution in [0, 0.1) is 0 Å². The van der Waals surface area contributed by atoms with Gasteiger partial charge in [-0.25, -0.2) is 0 Å². The maximum absolute atomic E-state index is 3.36. The first kappa shape index (κ1) is 5.90. The summed E-state index contributed by atoms with van der Waals surface area (Å²) < 4.78 is 0. The van der Waals surface area contributed by atoms with Crippen LogP contribution in [0.5, 0.6) is 0 Å². The van der Waals surface area contributed by atoms with Crippen LogP contribution in [0.3, 0.4) is 0 Å². The summed E-state index contributed by atoms with van der Waals surface area (Å²) in [4.78, 5) is 0. The minimum atomic E-state index is 0. The fourth-order valence-corrected chi connectivity index (χ4v) is 0.165. The molecular formula is C2H5N5. The maximum Gasteiger partial charge on any atom is 0.160 e. The Labute approximate surface area is 40.4 Å². The van der Waals surface area contributed by atoms with Crippen LogP contribution in [-0.4, -0.2) is 20.4 Å². The summed E-state index contributed by atoms with van der Waals surface area (Å²) in [7, 11) is 0. The van der Waals surface area contributed by atoms with Gasteiger partial charge in [0.15, 0.2) is 12.7 Å². The molecule has 1 rings (SSSR count). The van der Waals surface area contributed by atoms with E-state index < -0.39 is 0 Å². The SMILES string of the molecule is N.c1nncnn1. The smallest absolute Gasteiger partial charge is 0.160 e. The Bertz CT molecular complexity index is 78.0. The van der Waals surface area contributed by atoms with Crippen molar-refractivity contribution in [1.29, 1.82) is 0 Å². The monoisotopic (exact) mass is 99.1 g/mol. The molecule has 0 aliphatic rings. The third-order valence-corrected chi connectivity index (χ3v) is 0.340. The van der Waals surface area contributed by atoms with E-state index >= 15 is 0 Å². The Kier molecular flexibility index (Phi) is 2.62. The third-order valence-electron chi connectivity index (χ3n) is 0.340. The molecule has 0 saturated heterocycles. The van der Waals surface area contributed by atoms with Gasteiger partial charge in [-0.3, -0.25) is 0 Å². The van der Waals surface area contributed by atoms with Crippen LogP contribution in [0.25, 0.3) is 0 Å². The molecule has 0 fully saturated rings. The van der Waals surface area contributed by atoms with Crippen LogP contribution >= 0.6 is 0 Å². The second kappa shape index (κ2) is 3.10. The highest BCUT2D eigenvalue weighted by atomic mass is 15.2. The van der Waals surface area contributed by atoms with E-state index in [-0.39, 0.29) is 6.15 Å². The lowest BCUT2D eigenvalue weighted by molar-refractivity contribution is 0.853. The number of hydrogen-bond acceptors (Lipinski definition) is 5. The molecule has 0 aromatic carbocycles. The number of rotatable bonds is 0. The number of hydrogen-bond donors (Lipinski definition) is 1. The van der Waals surface area contributed by atoms with Gasteiger partial charge in [0.25, 0.3) is 0 Å². The van der Waals surface area contributed by atoms with Gasteiger partial charge in [-0.1, -0.05) is 0 Å². The van der Waals surface area contributed by atoms with Gasteiger partial charge in [0.05, 0.1) is 0 Å². The molecule has 7 heavy (non-hydrogen) atoms. The van der Waals surface area contributed by atoms with Gasteiger partial charge in [-0.05, 0) is 0 Å². The average Bonchev–Trinajstić information content (AvgIpc) is 1.72. The highest BCUT2D eigenvalue weighted by molar-refractivity contribution is 4.35. The Balaban J connectivity index is 0.000000360. The Morgan fingerprint density at radius 1 is 0.714 bits per heavy atom. The van der Waals surface area contributed by atoms with E-state index in [0.29, 0.717) is 0 Å². The van der Waals surface area contributed by atoms with Crippen molar-refractivity contribution in [3.8, 4) is 0 Å². The summed E-state index contributed by atoms with van der Waals surface area (Å²) in [5.41, 5.74) is 0. The van der Waals surface area contributed by atoms with Crippen LogP contribution in [0.1, 0.15) is 0 Å². The van der Waals surface area contributed by atoms with E-state index in [1.807, 2.05) is 0 Å². The van der Waals surface area contributed by atoms with Gasteiger partial charge >= 0.3 is 0 Å². The van der Waals surface area contributed by atoms with Crippen LogP contribution in [0.15, 0.2) is 12.7 Å². The zero-order chi connectivity index (χ0) is 4.24. The quantitative estimate of drug-likeness (QED) is 0.470. The van der Waals surface area contributed by atoms with E-state index in [1.54, 1.807) is 0 Å². The molecule has 0 saturated carbocycles. The van der Waals surface area contributed by atoms with Gasteiger partial charge in [0, 0.05) is 0 Å². The van der Waals surface area contributed by atoms with Gasteiger partial charge in [-0.2, -0.15) is 0 Å². The normalized spacial score (nSPS) is 6.86. The predicted octanol–water partition coefficient (Wildman–Crippen LogP) is -0.571. The lowest BCUT2D eigenvalue weighted by Gasteiger charge is -1.68. The predicted molar refractivity (Wildman–Crippen MR) is 22.6 cm³/mol. The summed E-state index contributed by atoms with van der Waals surface area (Å²) >= 11 is 0. The van der Waals surface area contributed by atoms with Crippen LogP contribution in [-0.2, 0) is 0 Å². The largest absolute Gasteiger partial charge is 0.344 e. The standard InChI is InChI=1S/C2H2N4.H3N/c1-3-5-2-6-4-1;/h1-2H;1H3. The van der Waals surface area contributed by atoms with Crippen molar-refractivity contribution in [1.82, 2.24) is 26.5 Å². The molecule has 0 unspecified atom stereocenters. The first-order valence-corrected chi connectivity index (χ1v) is 1.43. The first-order valence-electron chi connectivity index (χ1n) is 1.43. The van der Waals surface area contributed by atoms with Crippen LogP contribution in [0.2, 0.25) is 0 Å². The van der Waals surface area contributed by atoms with Gasteiger partial charge < -0.3 is 6.15 Å². The highest BCUT2D eigenvalue weighted by Crippen LogP contribution is 1.50. The molecule has 5 nitrogen and oxygen atoms in total. The molecule has 0 spiro atoms. The Hall–Kier alpha value is -1.10. The summed E-state index contributed by atoms with van der Waals surface area (Å²) in [5.74, 6) is 0. The third kappa shape index (κ3) is 1.72. The highest BCUT2D eigenvalue weighted by Gasteiger charge is 1.61. The Morgan fingerprint density at radius 2 is 1.00 bits per heavy atom. The zero-order valence-electron chi connectivity index (χ0n) is 3.65. The molecule has 0 atom stereocenters. The van der Waals surface area contributed by atoms with Crippen molar-refractivity contribution in [2.45, 2.75) is 0 Å². The van der Waals surface area contributed by atoms with E-state index in [0.717, 1.165) is 0 Å². The van der Waals surface area contributed by atoms with Crippen molar-refractivity contribution >= 4 is 0 Å². The molecule has 0 aliphatic carbocycles. The molecular weight excluding hydrogens is 94.1 g/mol. The minimum Gasteiger partial charge on any atom is -0.344 e. The zero-order valence-corrected chi connectivity index (χ0v) is 3.65. The fraction of sp³-hybridized carbons (Fsp3) is 0. The molecule has 1 aromatic heterocycles. The van der Waals surface area contributed by atoms with Gasteiger partial charge in [-0.15, -0.1) is 20.4 Å². The molecule has 0 amide bonds. The molecule has 5 heteroatoms. The molecule has 3 N–H and O–H groups in total. The summed E-state index contributed by atoms with van der Waals surface area (Å²) in [6.07, 6.45) is 2.56. The van der Waals surface area contributed by atoms with Gasteiger partial charge in [0.2, 0.25) is 0 Å². The molecule has 0 bridgehead atoms. The lowest BCUT2D eigenvalue weighted by Crippen LogP contribution is -1.81. The van der Waals surface area contributed by atoms with Crippen LogP contribution < -0.4 is 6.15 Å². The summed E-state index contributed by atoms with van der Waals surface area (Å²) in [5, 5.41) is 13.4. The molecule has 1 aromatic rings. The maximum atomic E-state index is 3.36. The molecule has 38 valence electrons. The lowest BCUT2D eigenvalue weighted by atomic mass is 11.3. The van der Waals surface area contributed by atoms with E-state index in [2.05, 4.69) is 20.4 Å².